The normalized spacial score (nSPS) is 11.8. The number of hydrogen-bond donors (Lipinski definition) is 0. The van der Waals surface area contributed by atoms with Crippen molar-refractivity contribution in [1.29, 1.82) is 0 Å². The number of hydrogen-bond acceptors (Lipinski definition) is 21. The Morgan fingerprint density at radius 1 is 0.265 bits per heavy atom. The molecule has 0 aromatic carbocycles. The minimum atomic E-state index is 0.0869. The molecule has 0 N–H and O–H groups in total. The lowest BCUT2D eigenvalue weighted by Gasteiger charge is -2.14. The maximum absolute atomic E-state index is 4.60. The van der Waals surface area contributed by atoms with Crippen LogP contribution in [0.3, 0.4) is 0 Å². The van der Waals surface area contributed by atoms with Gasteiger partial charge >= 0.3 is 0 Å². The summed E-state index contributed by atoms with van der Waals surface area (Å²) < 4.78 is 17.4. The summed E-state index contributed by atoms with van der Waals surface area (Å²) in [5.41, 5.74) is 5.39. The minimum absolute atomic E-state index is 0.0869. The molecule has 0 aliphatic rings. The van der Waals surface area contributed by atoms with Gasteiger partial charge in [-0.25, -0.2) is 29.9 Å². The standard InChI is InChI=1S/2C10H17NS.C9H16N2S.4C9H15NS.2C8H14N2S/c1-7(2)9-11-8(6-12-9)10(3,4)5;1-7(2)8-6-9(11-12-8)10(3,4)5;1-6(2)7-10-8(11-12-7)9(3,4)5;1-6(2)8-5-11-9(10-8)7(3)4;2*1-6(2)8-5-10-9(11-8)7(3)4;1-6(2)8-5-9(7(3)4)11-10-8;1-5(2)7-9-10-8(11-7)6(3)4;1-5(2)7-9-8(6(3)4)11-10-7/h2*6-7H,1-5H3;6H,1-5H3;4*5-7H,1-4H3;2*5-6H,1-4H3. The van der Waals surface area contributed by atoms with Gasteiger partial charge < -0.3 is 0 Å². The average Bonchev–Trinajstić information content (AvgIpc) is 1.71. The van der Waals surface area contributed by atoms with E-state index >= 15 is 0 Å². The summed E-state index contributed by atoms with van der Waals surface area (Å²) >= 11 is 15.3. The zero-order valence-corrected chi connectivity index (χ0v) is 78.0. The molecule has 9 aromatic rings. The highest BCUT2D eigenvalue weighted by Gasteiger charge is 2.22. The Morgan fingerprint density at radius 2 is 0.637 bits per heavy atom. The highest BCUT2D eigenvalue weighted by atomic mass is 32.1. The molecule has 0 aliphatic heterocycles. The van der Waals surface area contributed by atoms with Gasteiger partial charge in [-0.3, -0.25) is 0 Å². The van der Waals surface area contributed by atoms with Crippen LogP contribution >= 0.6 is 103 Å². The fourth-order valence-electron chi connectivity index (χ4n) is 7.36. The van der Waals surface area contributed by atoms with Crippen molar-refractivity contribution in [1.82, 2.24) is 57.6 Å². The zero-order chi connectivity index (χ0) is 78.6. The quantitative estimate of drug-likeness (QED) is 0.0959. The van der Waals surface area contributed by atoms with E-state index in [2.05, 4.69) is 351 Å². The first-order valence-electron chi connectivity index (χ1n) is 37.2. The lowest BCUT2D eigenvalue weighted by atomic mass is 9.92. The number of nitrogens with zero attached hydrogens (tertiary/aromatic N) is 12. The molecular formula is C81H138N12S9. The summed E-state index contributed by atoms with van der Waals surface area (Å²) in [6.45, 7) is 84.8. The van der Waals surface area contributed by atoms with Gasteiger partial charge in [-0.05, 0) is 93.8 Å². The predicted molar refractivity (Wildman–Crippen MR) is 460 cm³/mol. The third-order valence-corrected chi connectivity index (χ3v) is 26.0. The lowest BCUT2D eigenvalue weighted by molar-refractivity contribution is 0.551. The highest BCUT2D eigenvalue weighted by Crippen LogP contribution is 2.33. The van der Waals surface area contributed by atoms with E-state index < -0.39 is 0 Å². The van der Waals surface area contributed by atoms with Crippen LogP contribution in [0.2, 0.25) is 0 Å². The largest absolute Gasteiger partial charge is 0.249 e. The molecule has 0 unspecified atom stereocenters. The van der Waals surface area contributed by atoms with Gasteiger partial charge in [0.25, 0.3) is 0 Å². The molecule has 21 heteroatoms. The second kappa shape index (κ2) is 46.0. The van der Waals surface area contributed by atoms with Crippen molar-refractivity contribution in [3.05, 3.63) is 129 Å². The Labute approximate surface area is 659 Å². The van der Waals surface area contributed by atoms with Crippen LogP contribution in [0.15, 0.2) is 35.3 Å². The first kappa shape index (κ1) is 96.5. The molecule has 0 radical (unpaired) electrons. The summed E-state index contributed by atoms with van der Waals surface area (Å²) in [6.07, 6.45) is 4.01. The van der Waals surface area contributed by atoms with Crippen LogP contribution in [0.4, 0.5) is 0 Å². The van der Waals surface area contributed by atoms with Gasteiger partial charge in [0.1, 0.15) is 31.7 Å². The maximum atomic E-state index is 4.60. The van der Waals surface area contributed by atoms with E-state index in [0.29, 0.717) is 88.8 Å². The summed E-state index contributed by atoms with van der Waals surface area (Å²) in [7, 11) is 0. The SMILES string of the molecule is CC(C)c1cc(C(C)(C)C)ns1.CC(C)c1cc(C(C)C)sn1.CC(C)c1cnc(C(C)C)s1.CC(C)c1cnc(C(C)C)s1.CC(C)c1csc(C(C)C)n1.CC(C)c1nc(C(C)(C)C)cs1.CC(C)c1nc(C(C)(C)C)ns1.CC(C)c1nnc(C(C)C)s1.CC(C)c1nsc(C(C)C)n1. The van der Waals surface area contributed by atoms with E-state index in [1.54, 1.807) is 57.1 Å². The Hall–Kier alpha value is -3.54. The summed E-state index contributed by atoms with van der Waals surface area (Å²) in [6, 6.07) is 4.45. The molecular weight excluding hydrogens is 1430 g/mol. The van der Waals surface area contributed by atoms with Crippen molar-refractivity contribution in [3.63, 3.8) is 0 Å². The van der Waals surface area contributed by atoms with Gasteiger partial charge in [0, 0.05) is 112 Å². The smallest absolute Gasteiger partial charge is 0.147 e. The van der Waals surface area contributed by atoms with Crippen molar-refractivity contribution in [2.45, 2.75) is 375 Å². The third-order valence-electron chi connectivity index (χ3n) is 14.7. The lowest BCUT2D eigenvalue weighted by Crippen LogP contribution is -2.13. The average molecular weight is 1570 g/mol. The fraction of sp³-hybridized carbons (Fsp3) is 0.704. The first-order chi connectivity index (χ1) is 46.9. The summed E-state index contributed by atoms with van der Waals surface area (Å²) in [5, 5.41) is 22.2. The Balaban J connectivity index is 0.000000574. The molecule has 0 aliphatic carbocycles. The van der Waals surface area contributed by atoms with Crippen molar-refractivity contribution in [3.8, 4) is 0 Å². The molecule has 0 bridgehead atoms. The Morgan fingerprint density at radius 3 is 0.863 bits per heavy atom. The monoisotopic (exact) mass is 1570 g/mol. The van der Waals surface area contributed by atoms with E-state index in [-0.39, 0.29) is 16.2 Å². The molecule has 102 heavy (non-hydrogen) atoms. The Bertz CT molecular complexity index is 2960. The highest BCUT2D eigenvalue weighted by molar-refractivity contribution is 7.12. The van der Waals surface area contributed by atoms with E-state index in [4.69, 9.17) is 0 Å². The van der Waals surface area contributed by atoms with E-state index in [0.717, 1.165) is 31.7 Å². The van der Waals surface area contributed by atoms with Gasteiger partial charge in [0.2, 0.25) is 0 Å². The second-order valence-electron chi connectivity index (χ2n) is 33.6. The summed E-state index contributed by atoms with van der Waals surface area (Å²) in [4.78, 5) is 32.3. The second-order valence-corrected chi connectivity index (χ2v) is 41.9. The zero-order valence-electron chi connectivity index (χ0n) is 70.7. The molecule has 0 amide bonds. The fourth-order valence-corrected chi connectivity index (χ4v) is 15.5. The van der Waals surface area contributed by atoms with Gasteiger partial charge in [-0.1, -0.05) is 270 Å². The van der Waals surface area contributed by atoms with Crippen LogP contribution in [0, 0.1) is 0 Å². The maximum Gasteiger partial charge on any atom is 0.147 e. The van der Waals surface area contributed by atoms with Crippen LogP contribution in [0.5, 0.6) is 0 Å². The van der Waals surface area contributed by atoms with Crippen molar-refractivity contribution in [2.24, 2.45) is 0 Å². The molecule has 9 rings (SSSR count). The molecule has 9 aromatic heterocycles. The van der Waals surface area contributed by atoms with Crippen molar-refractivity contribution < 1.29 is 0 Å². The third kappa shape index (κ3) is 36.4. The first-order valence-corrected chi connectivity index (χ1v) is 44.5. The van der Waals surface area contributed by atoms with Crippen molar-refractivity contribution >= 4 is 103 Å². The molecule has 9 heterocycles. The molecule has 0 atom stereocenters. The van der Waals surface area contributed by atoms with Crippen LogP contribution in [0.25, 0.3) is 0 Å². The van der Waals surface area contributed by atoms with Gasteiger partial charge in [-0.2, -0.15) is 17.5 Å². The number of thiazole rings is 4. The van der Waals surface area contributed by atoms with Crippen LogP contribution < -0.4 is 0 Å². The van der Waals surface area contributed by atoms with E-state index in [9.17, 15) is 0 Å². The van der Waals surface area contributed by atoms with Crippen molar-refractivity contribution in [2.75, 3.05) is 0 Å². The minimum Gasteiger partial charge on any atom is -0.249 e. The van der Waals surface area contributed by atoms with Gasteiger partial charge in [0.05, 0.1) is 42.8 Å². The number of rotatable bonds is 15. The molecule has 576 valence electrons. The van der Waals surface area contributed by atoms with Gasteiger partial charge in [-0.15, -0.1) is 66.9 Å². The molecule has 12 nitrogen and oxygen atoms in total. The van der Waals surface area contributed by atoms with Gasteiger partial charge in [0.15, 0.2) is 0 Å². The van der Waals surface area contributed by atoms with E-state index in [1.807, 2.05) is 35.1 Å². The Kier molecular flexibility index (Phi) is 43.5. The predicted octanol–water partition coefficient (Wildman–Crippen LogP) is 29.2. The summed E-state index contributed by atoms with van der Waals surface area (Å²) in [5.74, 6) is 10.4. The van der Waals surface area contributed by atoms with Crippen LogP contribution in [-0.4, -0.2) is 57.6 Å². The number of aromatic nitrogens is 12. The van der Waals surface area contributed by atoms with Crippen LogP contribution in [0.1, 0.15) is 453 Å². The molecule has 0 saturated heterocycles. The molecule has 0 spiro atoms. The van der Waals surface area contributed by atoms with Crippen LogP contribution in [-0.2, 0) is 16.2 Å². The molecule has 0 fully saturated rings. The topological polar surface area (TPSA) is 155 Å². The molecule has 0 saturated carbocycles. The van der Waals surface area contributed by atoms with E-state index in [1.165, 1.54) is 85.4 Å².